The van der Waals surface area contributed by atoms with Crippen molar-refractivity contribution in [2.24, 2.45) is 0 Å². The van der Waals surface area contributed by atoms with Gasteiger partial charge in [-0.2, -0.15) is 0 Å². The van der Waals surface area contributed by atoms with Crippen molar-refractivity contribution in [3.8, 4) is 34.5 Å². The van der Waals surface area contributed by atoms with E-state index in [1.807, 2.05) is 197 Å². The molecule has 460 valence electrons. The molecule has 0 radical (unpaired) electrons. The number of hydrogen-bond donors (Lipinski definition) is 12. The summed E-state index contributed by atoms with van der Waals surface area (Å²) in [7, 11) is 0. The normalized spacial score (nSPS) is 9.76. The first-order valence-electron chi connectivity index (χ1n) is 28.1. The van der Waals surface area contributed by atoms with Crippen molar-refractivity contribution in [1.29, 1.82) is 0 Å². The Bertz CT molecular complexity index is 2240. The zero-order valence-corrected chi connectivity index (χ0v) is 58.1. The Kier molecular flexibility index (Phi) is 51.0. The molecule has 6 aromatic carbocycles. The summed E-state index contributed by atoms with van der Waals surface area (Å²) in [6.07, 6.45) is 5.25. The van der Waals surface area contributed by atoms with E-state index in [0.717, 1.165) is 105 Å². The molecule has 6 aromatic rings. The molecule has 0 heterocycles. The average Bonchev–Trinajstić information content (AvgIpc) is 3.42. The fraction of sp³-hybridized carbons (Fsp3) is 0.471. The van der Waals surface area contributed by atoms with Crippen molar-refractivity contribution in [2.75, 3.05) is 39.6 Å². The van der Waals surface area contributed by atoms with Gasteiger partial charge < -0.3 is 61.3 Å². The van der Waals surface area contributed by atoms with Crippen LogP contribution >= 0.6 is 0 Å². The largest absolute Gasteiger partial charge is 0.507 e. The minimum Gasteiger partial charge on any atom is -0.507 e. The van der Waals surface area contributed by atoms with E-state index in [4.69, 9.17) is 30.6 Å². The minimum atomic E-state index is -0.490. The van der Waals surface area contributed by atoms with Gasteiger partial charge in [0.15, 0.2) is 0 Å². The summed E-state index contributed by atoms with van der Waals surface area (Å²) in [4.78, 5) is 0. The predicted octanol–water partition coefficient (Wildman–Crippen LogP) is 14.0. The van der Waals surface area contributed by atoms with Gasteiger partial charge in [0.1, 0.15) is 34.5 Å². The van der Waals surface area contributed by atoms with Gasteiger partial charge in [0.25, 0.3) is 0 Å². The monoisotopic (exact) mass is 1260 g/mol. The van der Waals surface area contributed by atoms with E-state index in [2.05, 4.69) is 0 Å². The van der Waals surface area contributed by atoms with E-state index >= 15 is 0 Å². The first-order valence-corrected chi connectivity index (χ1v) is 28.1. The van der Waals surface area contributed by atoms with Crippen LogP contribution in [0.1, 0.15) is 192 Å². The predicted molar refractivity (Wildman–Crippen MR) is 332 cm³/mol. The van der Waals surface area contributed by atoms with Gasteiger partial charge in [-0.05, 0) is 155 Å². The third-order valence-electron chi connectivity index (χ3n) is 12.1. The summed E-state index contributed by atoms with van der Waals surface area (Å²) >= 11 is 0. The van der Waals surface area contributed by atoms with E-state index in [1.54, 1.807) is 0 Å². The summed E-state index contributed by atoms with van der Waals surface area (Å²) in [6, 6.07) is 23.2. The van der Waals surface area contributed by atoms with Crippen molar-refractivity contribution >= 4 is 0 Å². The fourth-order valence-electron chi connectivity index (χ4n) is 8.28. The Morgan fingerprint density at radius 1 is 0.229 bits per heavy atom. The van der Waals surface area contributed by atoms with Crippen molar-refractivity contribution in [3.05, 3.63) is 173 Å². The van der Waals surface area contributed by atoms with Crippen LogP contribution in [0, 0.1) is 83.1 Å². The Morgan fingerprint density at radius 3 is 0.410 bits per heavy atom. The van der Waals surface area contributed by atoms with Crippen LogP contribution in [-0.2, 0) is 65.2 Å². The van der Waals surface area contributed by atoms with Crippen LogP contribution in [-0.4, -0.2) is 101 Å². The first-order chi connectivity index (χ1) is 37.7. The maximum absolute atomic E-state index is 10.9. The Labute approximate surface area is 544 Å². The molecule has 0 bridgehead atoms. The number of phenols is 6. The van der Waals surface area contributed by atoms with Gasteiger partial charge in [0.05, 0.1) is 0 Å². The van der Waals surface area contributed by atoms with Crippen molar-refractivity contribution in [3.63, 3.8) is 0 Å². The topological polar surface area (TPSA) is 243 Å². The second kappa shape index (κ2) is 48.2. The molecule has 0 saturated carbocycles. The Hall–Kier alpha value is -3.98. The molecule has 0 aliphatic heterocycles. The molecule has 0 atom stereocenters. The smallest absolute Gasteiger partial charge is 0.122 e. The molecule has 0 aliphatic rings. The van der Waals surface area contributed by atoms with Crippen LogP contribution in [0.2, 0.25) is 0 Å². The van der Waals surface area contributed by atoms with Crippen LogP contribution in [0.4, 0.5) is 0 Å². The third-order valence-corrected chi connectivity index (χ3v) is 12.1. The summed E-state index contributed by atoms with van der Waals surface area (Å²) in [5.74, 6) is 0.146. The molecule has 6 rings (SSSR count). The average molecular weight is 1260 g/mol. The minimum absolute atomic E-state index is 0. The Balaban J connectivity index is -0.000000343. The second-order valence-electron chi connectivity index (χ2n) is 20.3. The number of aliphatic hydroxyl groups is 6. The number of rotatable bonds is 12. The van der Waals surface area contributed by atoms with Crippen molar-refractivity contribution in [2.45, 2.75) is 175 Å². The molecule has 0 aromatic heterocycles. The number of aryl methyl sites for hydroxylation is 12. The fourth-order valence-corrected chi connectivity index (χ4v) is 8.28. The first kappa shape index (κ1) is 87.8. The zero-order valence-electron chi connectivity index (χ0n) is 53.4. The van der Waals surface area contributed by atoms with E-state index in [9.17, 15) is 30.6 Å². The number of benzene rings is 6. The van der Waals surface area contributed by atoms with Gasteiger partial charge in [-0.15, -0.1) is 0 Å². The standard InChI is InChI=1S/2C25H28O3.6C3H8O.3Ti/c2*1-13-7-16(4)23(26)19(10-13)22(20-11-14(2)8-17(5)24(20)27)21-12-15(3)9-18(6)25(21)28;6*1-2-3-4;;;/h2*7-12,22,26-28H,1-6H3;6*4H,2-3H2,1H3;;;. The van der Waals surface area contributed by atoms with Crippen molar-refractivity contribution < 1.29 is 126 Å². The van der Waals surface area contributed by atoms with Crippen molar-refractivity contribution in [1.82, 2.24) is 0 Å². The summed E-state index contributed by atoms with van der Waals surface area (Å²) in [5, 5.41) is 113. The number of phenolic OH excluding ortho intramolecular Hbond substituents is 6. The maximum Gasteiger partial charge on any atom is 0.122 e. The zero-order chi connectivity index (χ0) is 62.0. The molecule has 12 nitrogen and oxygen atoms in total. The molecule has 0 fully saturated rings. The van der Waals surface area contributed by atoms with Gasteiger partial charge in [0, 0.05) is 150 Å². The summed E-state index contributed by atoms with van der Waals surface area (Å²) in [5.41, 5.74) is 14.8. The van der Waals surface area contributed by atoms with Gasteiger partial charge in [-0.25, -0.2) is 0 Å². The SMILES string of the molecule is CCCO.CCCO.CCCO.CCCO.CCCO.CCCO.Cc1cc(C)c(O)c(C(c2cc(C)cc(C)c2O)c2cc(C)cc(C)c2O)c1.Cc1cc(C)c(O)c(C(c2cc(C)cc(C)c2O)c2cc(C)cc(C)c2O)c1.[Ti].[Ti].[Ti]. The van der Waals surface area contributed by atoms with Gasteiger partial charge in [-0.1, -0.05) is 148 Å². The molecule has 0 amide bonds. The maximum atomic E-state index is 10.9. The second-order valence-corrected chi connectivity index (χ2v) is 20.3. The van der Waals surface area contributed by atoms with Gasteiger partial charge >= 0.3 is 0 Å². The van der Waals surface area contributed by atoms with Gasteiger partial charge in [0.2, 0.25) is 0 Å². The van der Waals surface area contributed by atoms with Crippen LogP contribution in [0.15, 0.2) is 72.8 Å². The van der Waals surface area contributed by atoms with E-state index in [1.165, 1.54) is 0 Å². The quantitative estimate of drug-likeness (QED) is 0.0405. The third kappa shape index (κ3) is 30.3. The van der Waals surface area contributed by atoms with E-state index in [0.29, 0.717) is 73.0 Å². The molecule has 0 saturated heterocycles. The molecule has 0 spiro atoms. The molecular formula is C68H104O12Ti3. The number of aromatic hydroxyl groups is 6. The molecule has 83 heavy (non-hydrogen) atoms. The molecule has 12 N–H and O–H groups in total. The number of aliphatic hydroxyl groups excluding tert-OH is 6. The molecule has 15 heteroatoms. The Morgan fingerprint density at radius 2 is 0.325 bits per heavy atom. The van der Waals surface area contributed by atoms with Crippen LogP contribution < -0.4 is 0 Å². The van der Waals surface area contributed by atoms with Crippen LogP contribution in [0.5, 0.6) is 34.5 Å². The molecule has 0 unspecified atom stereocenters. The summed E-state index contributed by atoms with van der Waals surface area (Å²) < 4.78 is 0. The van der Waals surface area contributed by atoms with Crippen LogP contribution in [0.25, 0.3) is 0 Å². The van der Waals surface area contributed by atoms with E-state index in [-0.39, 0.29) is 99.7 Å². The van der Waals surface area contributed by atoms with Gasteiger partial charge in [-0.3, -0.25) is 0 Å². The summed E-state index contributed by atoms with van der Waals surface area (Å²) in [6.45, 7) is 36.6. The molecule has 0 aliphatic carbocycles. The van der Waals surface area contributed by atoms with Crippen LogP contribution in [0.3, 0.4) is 0 Å². The van der Waals surface area contributed by atoms with E-state index < -0.39 is 11.8 Å². The number of hydrogen-bond acceptors (Lipinski definition) is 12. The molecular weight excluding hydrogens is 1150 g/mol.